The second kappa shape index (κ2) is 8.79. The summed E-state index contributed by atoms with van der Waals surface area (Å²) in [6, 6.07) is 12.7. The van der Waals surface area contributed by atoms with E-state index in [0.29, 0.717) is 11.3 Å². The Hall–Kier alpha value is -2.71. The molecule has 0 aromatic heterocycles. The number of aryl methyl sites for hydroxylation is 1. The van der Waals surface area contributed by atoms with Crippen LogP contribution < -0.4 is 4.74 Å². The van der Waals surface area contributed by atoms with Gasteiger partial charge in [-0.3, -0.25) is 9.59 Å². The number of ketones is 1. The van der Waals surface area contributed by atoms with E-state index < -0.39 is 34.9 Å². The summed E-state index contributed by atoms with van der Waals surface area (Å²) in [6.45, 7) is 0.882. The Labute approximate surface area is 158 Å². The quantitative estimate of drug-likeness (QED) is 0.505. The van der Waals surface area contributed by atoms with Crippen molar-refractivity contribution in [3.63, 3.8) is 0 Å². The lowest BCUT2D eigenvalue weighted by atomic mass is 10.1. The van der Waals surface area contributed by atoms with Crippen LogP contribution in [0.1, 0.15) is 15.9 Å². The van der Waals surface area contributed by atoms with Crippen molar-refractivity contribution in [3.05, 3.63) is 59.7 Å². The second-order valence-electron chi connectivity index (χ2n) is 5.89. The lowest BCUT2D eigenvalue weighted by Crippen LogP contribution is -2.33. The van der Waals surface area contributed by atoms with Crippen LogP contribution in [0.15, 0.2) is 53.4 Å². The fourth-order valence-electron chi connectivity index (χ4n) is 2.21. The zero-order chi connectivity index (χ0) is 20.0. The second-order valence-corrected chi connectivity index (χ2v) is 7.93. The third-order valence-corrected chi connectivity index (χ3v) is 5.67. The Balaban J connectivity index is 1.92. The molecule has 0 aliphatic rings. The Kier molecular flexibility index (Phi) is 6.70. The van der Waals surface area contributed by atoms with Crippen LogP contribution in [0, 0.1) is 6.92 Å². The van der Waals surface area contributed by atoms with Crippen molar-refractivity contribution in [3.8, 4) is 5.75 Å². The highest BCUT2D eigenvalue weighted by atomic mass is 32.2. The lowest BCUT2D eigenvalue weighted by Gasteiger charge is -2.16. The van der Waals surface area contributed by atoms with Crippen LogP contribution in [-0.4, -0.2) is 51.8 Å². The van der Waals surface area contributed by atoms with Crippen LogP contribution in [0.25, 0.3) is 0 Å². The van der Waals surface area contributed by atoms with Crippen molar-refractivity contribution in [2.45, 2.75) is 11.8 Å². The van der Waals surface area contributed by atoms with E-state index in [4.69, 9.17) is 9.47 Å². The van der Waals surface area contributed by atoms with Gasteiger partial charge in [0.1, 0.15) is 12.3 Å². The first-order valence-electron chi connectivity index (χ1n) is 8.10. The van der Waals surface area contributed by atoms with Crippen molar-refractivity contribution < 1.29 is 27.5 Å². The number of carbonyl (C=O) groups is 2. The maximum absolute atomic E-state index is 12.4. The summed E-state index contributed by atoms with van der Waals surface area (Å²) in [4.78, 5) is 24.0. The molecule has 0 aliphatic carbocycles. The minimum atomic E-state index is -3.82. The minimum Gasteiger partial charge on any atom is -0.497 e. The Morgan fingerprint density at radius 1 is 1.00 bits per heavy atom. The summed E-state index contributed by atoms with van der Waals surface area (Å²) in [7, 11) is -1.02. The summed E-state index contributed by atoms with van der Waals surface area (Å²) in [5, 5.41) is 0. The van der Waals surface area contributed by atoms with Crippen molar-refractivity contribution >= 4 is 21.8 Å². The van der Waals surface area contributed by atoms with E-state index in [0.717, 1.165) is 9.87 Å². The molecule has 0 saturated heterocycles. The number of ether oxygens (including phenoxy) is 2. The van der Waals surface area contributed by atoms with Gasteiger partial charge in [-0.25, -0.2) is 8.42 Å². The van der Waals surface area contributed by atoms with Gasteiger partial charge in [0, 0.05) is 12.6 Å². The van der Waals surface area contributed by atoms with E-state index in [1.807, 2.05) is 6.92 Å². The molecule has 27 heavy (non-hydrogen) atoms. The van der Waals surface area contributed by atoms with Crippen molar-refractivity contribution in [2.24, 2.45) is 0 Å². The first-order chi connectivity index (χ1) is 12.7. The van der Waals surface area contributed by atoms with Crippen LogP contribution in [0.2, 0.25) is 0 Å². The summed E-state index contributed by atoms with van der Waals surface area (Å²) in [6.07, 6.45) is 0. The molecule has 0 atom stereocenters. The van der Waals surface area contributed by atoms with Gasteiger partial charge in [-0.05, 0) is 43.3 Å². The Morgan fingerprint density at radius 2 is 1.59 bits per heavy atom. The molecule has 0 bridgehead atoms. The molecule has 0 spiro atoms. The van der Waals surface area contributed by atoms with Crippen LogP contribution in [0.5, 0.6) is 5.75 Å². The molecular formula is C19H21NO6S. The molecule has 0 fully saturated rings. The summed E-state index contributed by atoms with van der Waals surface area (Å²) in [5.74, 6) is -0.600. The number of carbonyl (C=O) groups excluding carboxylic acids is 2. The molecule has 8 heteroatoms. The van der Waals surface area contributed by atoms with Gasteiger partial charge in [0.2, 0.25) is 10.0 Å². The van der Waals surface area contributed by atoms with Gasteiger partial charge in [-0.1, -0.05) is 17.7 Å². The molecule has 0 aliphatic heterocycles. The fraction of sp³-hybridized carbons (Fsp3) is 0.263. The molecule has 7 nitrogen and oxygen atoms in total. The third-order valence-electron chi connectivity index (χ3n) is 3.86. The monoisotopic (exact) mass is 391 g/mol. The SMILES string of the molecule is COc1ccc(C(=O)COC(=O)CN(C)S(=O)(=O)c2ccc(C)cc2)cc1. The zero-order valence-corrected chi connectivity index (χ0v) is 16.2. The van der Waals surface area contributed by atoms with Gasteiger partial charge in [0.15, 0.2) is 12.4 Å². The molecule has 0 amide bonds. The first kappa shape index (κ1) is 20.6. The zero-order valence-electron chi connectivity index (χ0n) is 15.3. The molecule has 0 unspecified atom stereocenters. The van der Waals surface area contributed by atoms with Crippen molar-refractivity contribution in [1.29, 1.82) is 0 Å². The maximum atomic E-state index is 12.4. The summed E-state index contributed by atoms with van der Waals surface area (Å²) >= 11 is 0. The topological polar surface area (TPSA) is 90.0 Å². The normalized spacial score (nSPS) is 11.3. The number of sulfonamides is 1. The lowest BCUT2D eigenvalue weighted by molar-refractivity contribution is -0.142. The van der Waals surface area contributed by atoms with E-state index >= 15 is 0 Å². The van der Waals surface area contributed by atoms with Crippen molar-refractivity contribution in [2.75, 3.05) is 27.3 Å². The first-order valence-corrected chi connectivity index (χ1v) is 9.54. The van der Waals surface area contributed by atoms with E-state index in [9.17, 15) is 18.0 Å². The standard InChI is InChI=1S/C19H21NO6S/c1-14-4-10-17(11-5-14)27(23,24)20(2)12-19(22)26-13-18(21)15-6-8-16(25-3)9-7-15/h4-11H,12-13H2,1-3H3. The van der Waals surface area contributed by atoms with Gasteiger partial charge in [-0.2, -0.15) is 4.31 Å². The molecule has 2 rings (SSSR count). The highest BCUT2D eigenvalue weighted by Crippen LogP contribution is 2.15. The van der Waals surface area contributed by atoms with E-state index in [-0.39, 0.29) is 4.90 Å². The molecule has 0 radical (unpaired) electrons. The number of Topliss-reactive ketones (excluding diaryl/α,β-unsaturated/α-hetero) is 1. The largest absolute Gasteiger partial charge is 0.497 e. The molecule has 144 valence electrons. The molecule has 2 aromatic carbocycles. The molecule has 2 aromatic rings. The van der Waals surface area contributed by atoms with Crippen LogP contribution >= 0.6 is 0 Å². The minimum absolute atomic E-state index is 0.0812. The van der Waals surface area contributed by atoms with Gasteiger partial charge < -0.3 is 9.47 Å². The highest BCUT2D eigenvalue weighted by Gasteiger charge is 2.23. The maximum Gasteiger partial charge on any atom is 0.321 e. The van der Waals surface area contributed by atoms with Gasteiger partial charge in [-0.15, -0.1) is 0 Å². The number of rotatable bonds is 8. The number of benzene rings is 2. The van der Waals surface area contributed by atoms with Gasteiger partial charge in [0.25, 0.3) is 0 Å². The number of methoxy groups -OCH3 is 1. The van der Waals surface area contributed by atoms with E-state index in [2.05, 4.69) is 0 Å². The van der Waals surface area contributed by atoms with Gasteiger partial charge >= 0.3 is 5.97 Å². The van der Waals surface area contributed by atoms with Crippen molar-refractivity contribution in [1.82, 2.24) is 4.31 Å². The average molecular weight is 391 g/mol. The molecule has 0 heterocycles. The molecule has 0 saturated carbocycles. The van der Waals surface area contributed by atoms with Crippen LogP contribution in [0.3, 0.4) is 0 Å². The van der Waals surface area contributed by atoms with E-state index in [1.54, 1.807) is 36.4 Å². The van der Waals surface area contributed by atoms with E-state index in [1.165, 1.54) is 26.3 Å². The molecule has 0 N–H and O–H groups in total. The number of nitrogens with zero attached hydrogens (tertiary/aromatic N) is 1. The fourth-order valence-corrected chi connectivity index (χ4v) is 3.32. The number of esters is 1. The predicted molar refractivity (Wildman–Crippen MR) is 99.3 cm³/mol. The third kappa shape index (κ3) is 5.38. The smallest absolute Gasteiger partial charge is 0.321 e. The number of likely N-dealkylation sites (N-methyl/N-ethyl adjacent to an activating group) is 1. The van der Waals surface area contributed by atoms with Crippen LogP contribution in [-0.2, 0) is 19.6 Å². The number of hydrogen-bond acceptors (Lipinski definition) is 6. The summed E-state index contributed by atoms with van der Waals surface area (Å²) < 4.78 is 35.7. The van der Waals surface area contributed by atoms with Crippen LogP contribution in [0.4, 0.5) is 0 Å². The average Bonchev–Trinajstić information content (AvgIpc) is 2.66. The summed E-state index contributed by atoms with van der Waals surface area (Å²) in [5.41, 5.74) is 1.29. The predicted octanol–water partition coefficient (Wildman–Crippen LogP) is 2.05. The highest BCUT2D eigenvalue weighted by molar-refractivity contribution is 7.89. The van der Waals surface area contributed by atoms with Gasteiger partial charge in [0.05, 0.1) is 12.0 Å². The Bertz CT molecular complexity index is 904. The Morgan fingerprint density at radius 3 is 2.15 bits per heavy atom. The molecular weight excluding hydrogens is 370 g/mol. The number of hydrogen-bond donors (Lipinski definition) is 0.